The number of anilines is 2. The predicted octanol–water partition coefficient (Wildman–Crippen LogP) is 4.28. The molecule has 1 amide bonds. The van der Waals surface area contributed by atoms with Crippen LogP contribution in [0.25, 0.3) is 0 Å². The molecule has 2 heterocycles. The van der Waals surface area contributed by atoms with Crippen LogP contribution in [0.4, 0.5) is 24.7 Å². The van der Waals surface area contributed by atoms with Crippen molar-refractivity contribution in [2.45, 2.75) is 6.18 Å². The zero-order chi connectivity index (χ0) is 20.3. The Morgan fingerprint density at radius 1 is 1.18 bits per heavy atom. The molecular weight excluding hydrogens is 461 g/mol. The van der Waals surface area contributed by atoms with Crippen molar-refractivity contribution in [3.8, 4) is 0 Å². The molecule has 0 bridgehead atoms. The highest BCUT2D eigenvalue weighted by molar-refractivity contribution is 9.10. The van der Waals surface area contributed by atoms with E-state index < -0.39 is 11.7 Å². The van der Waals surface area contributed by atoms with Gasteiger partial charge < -0.3 is 10.2 Å². The molecule has 3 rings (SSSR count). The number of carbonyl (C=O) groups is 1. The molecule has 28 heavy (non-hydrogen) atoms. The molecule has 0 saturated carbocycles. The SMILES string of the molecule is O=C(CN1CCN(c2ncc(C(F)(F)F)cc2Cl)CC1)Nc1ccc(Br)cc1. The molecule has 1 aromatic heterocycles. The van der Waals surface area contributed by atoms with Gasteiger partial charge in [-0.15, -0.1) is 0 Å². The summed E-state index contributed by atoms with van der Waals surface area (Å²) in [7, 11) is 0. The average Bonchev–Trinajstić information content (AvgIpc) is 2.63. The summed E-state index contributed by atoms with van der Waals surface area (Å²) in [4.78, 5) is 19.9. The third kappa shape index (κ3) is 5.36. The lowest BCUT2D eigenvalue weighted by atomic mass is 10.2. The molecule has 1 aromatic carbocycles. The first-order chi connectivity index (χ1) is 13.2. The van der Waals surface area contributed by atoms with Crippen LogP contribution in [0.5, 0.6) is 0 Å². The molecule has 1 aliphatic rings. The maximum atomic E-state index is 12.7. The molecule has 1 aliphatic heterocycles. The first-order valence-corrected chi connectivity index (χ1v) is 9.65. The smallest absolute Gasteiger partial charge is 0.353 e. The lowest BCUT2D eigenvalue weighted by Gasteiger charge is -2.35. The molecule has 0 unspecified atom stereocenters. The van der Waals surface area contributed by atoms with Gasteiger partial charge in [-0.2, -0.15) is 13.2 Å². The second-order valence-corrected chi connectivity index (χ2v) is 7.67. The third-order valence-corrected chi connectivity index (χ3v) is 5.12. The number of halogens is 5. The number of hydrogen-bond acceptors (Lipinski definition) is 4. The Morgan fingerprint density at radius 2 is 1.82 bits per heavy atom. The molecule has 150 valence electrons. The van der Waals surface area contributed by atoms with E-state index in [1.165, 1.54) is 0 Å². The van der Waals surface area contributed by atoms with Crippen LogP contribution in [0.3, 0.4) is 0 Å². The molecule has 5 nitrogen and oxygen atoms in total. The van der Waals surface area contributed by atoms with Gasteiger partial charge in [-0.3, -0.25) is 9.69 Å². The van der Waals surface area contributed by atoms with Gasteiger partial charge in [-0.25, -0.2) is 4.98 Å². The third-order valence-electron chi connectivity index (χ3n) is 4.32. The van der Waals surface area contributed by atoms with Crippen molar-refractivity contribution in [1.82, 2.24) is 9.88 Å². The van der Waals surface area contributed by atoms with Crippen LogP contribution in [-0.4, -0.2) is 48.5 Å². The standard InChI is InChI=1S/C18H17BrClF3N4O/c19-13-1-3-14(4-2-13)25-16(28)11-26-5-7-27(8-6-26)17-15(20)9-12(10-24-17)18(21,22)23/h1-4,9-10H,5-8,11H2,(H,25,28). The second kappa shape index (κ2) is 8.67. The summed E-state index contributed by atoms with van der Waals surface area (Å²) in [6.07, 6.45) is -3.69. The number of aromatic nitrogens is 1. The van der Waals surface area contributed by atoms with Crippen LogP contribution in [0.1, 0.15) is 5.56 Å². The summed E-state index contributed by atoms with van der Waals surface area (Å²) in [6, 6.07) is 8.18. The quantitative estimate of drug-likeness (QED) is 0.714. The van der Waals surface area contributed by atoms with Crippen molar-refractivity contribution >= 4 is 44.9 Å². The molecule has 0 aliphatic carbocycles. The highest BCUT2D eigenvalue weighted by atomic mass is 79.9. The van der Waals surface area contributed by atoms with E-state index in [-0.39, 0.29) is 17.5 Å². The van der Waals surface area contributed by atoms with Crippen molar-refractivity contribution in [2.75, 3.05) is 42.9 Å². The van der Waals surface area contributed by atoms with Crippen LogP contribution in [0.15, 0.2) is 41.0 Å². The van der Waals surface area contributed by atoms with Gasteiger partial charge >= 0.3 is 6.18 Å². The summed E-state index contributed by atoms with van der Waals surface area (Å²) in [5, 5.41) is 2.80. The fraction of sp³-hybridized carbons (Fsp3) is 0.333. The van der Waals surface area contributed by atoms with Crippen molar-refractivity contribution in [3.63, 3.8) is 0 Å². The summed E-state index contributed by atoms with van der Waals surface area (Å²) in [5.74, 6) is 0.204. The zero-order valence-electron chi connectivity index (χ0n) is 14.6. The van der Waals surface area contributed by atoms with E-state index in [1.807, 2.05) is 21.9 Å². The molecular formula is C18H17BrClF3N4O. The van der Waals surface area contributed by atoms with Crippen molar-refractivity contribution in [3.05, 3.63) is 51.6 Å². The number of nitrogens with one attached hydrogen (secondary N) is 1. The highest BCUT2D eigenvalue weighted by Crippen LogP contribution is 2.33. The number of pyridine rings is 1. The largest absolute Gasteiger partial charge is 0.417 e. The van der Waals surface area contributed by atoms with Crippen LogP contribution in [-0.2, 0) is 11.0 Å². The average molecular weight is 478 g/mol. The van der Waals surface area contributed by atoms with Crippen molar-refractivity contribution < 1.29 is 18.0 Å². The van der Waals surface area contributed by atoms with E-state index in [1.54, 1.807) is 12.1 Å². The van der Waals surface area contributed by atoms with E-state index in [0.29, 0.717) is 37.7 Å². The minimum atomic E-state index is -4.48. The number of piperazine rings is 1. The van der Waals surface area contributed by atoms with Gasteiger partial charge in [-0.1, -0.05) is 27.5 Å². The maximum absolute atomic E-state index is 12.7. The summed E-state index contributed by atoms with van der Waals surface area (Å²) >= 11 is 9.34. The number of amides is 1. The van der Waals surface area contributed by atoms with E-state index in [4.69, 9.17) is 11.6 Å². The number of rotatable bonds is 4. The number of carbonyl (C=O) groups excluding carboxylic acids is 1. The van der Waals surface area contributed by atoms with Gasteiger partial charge in [0.2, 0.25) is 5.91 Å². The van der Waals surface area contributed by atoms with Crippen LogP contribution < -0.4 is 10.2 Å². The maximum Gasteiger partial charge on any atom is 0.417 e. The Balaban J connectivity index is 1.53. The van der Waals surface area contributed by atoms with Gasteiger partial charge in [0, 0.05) is 42.5 Å². The molecule has 1 N–H and O–H groups in total. The minimum Gasteiger partial charge on any atom is -0.353 e. The van der Waals surface area contributed by atoms with E-state index in [0.717, 1.165) is 16.7 Å². The Hall–Kier alpha value is -1.84. The topological polar surface area (TPSA) is 48.5 Å². The first kappa shape index (κ1) is 20.9. The Bertz CT molecular complexity index is 840. The van der Waals surface area contributed by atoms with E-state index in [2.05, 4.69) is 26.2 Å². The van der Waals surface area contributed by atoms with Gasteiger partial charge in [0.15, 0.2) is 0 Å². The molecule has 1 fully saturated rings. The van der Waals surface area contributed by atoms with Crippen LogP contribution >= 0.6 is 27.5 Å². The lowest BCUT2D eigenvalue weighted by Crippen LogP contribution is -2.49. The fourth-order valence-electron chi connectivity index (χ4n) is 2.87. The first-order valence-electron chi connectivity index (χ1n) is 8.48. The van der Waals surface area contributed by atoms with Gasteiger partial charge in [0.05, 0.1) is 17.1 Å². The van der Waals surface area contributed by atoms with Gasteiger partial charge in [-0.05, 0) is 30.3 Å². The van der Waals surface area contributed by atoms with Crippen LogP contribution in [0.2, 0.25) is 5.02 Å². The molecule has 0 atom stereocenters. The molecule has 0 radical (unpaired) electrons. The Labute approximate surface area is 173 Å². The van der Waals surface area contributed by atoms with Crippen molar-refractivity contribution in [2.24, 2.45) is 0 Å². The molecule has 1 saturated heterocycles. The van der Waals surface area contributed by atoms with Gasteiger partial charge in [0.1, 0.15) is 5.82 Å². The molecule has 2 aromatic rings. The molecule has 0 spiro atoms. The van der Waals surface area contributed by atoms with Crippen LogP contribution in [0, 0.1) is 0 Å². The fourth-order valence-corrected chi connectivity index (χ4v) is 3.42. The number of nitrogens with zero attached hydrogens (tertiary/aromatic N) is 3. The predicted molar refractivity (Wildman–Crippen MR) is 106 cm³/mol. The number of benzene rings is 1. The van der Waals surface area contributed by atoms with E-state index in [9.17, 15) is 18.0 Å². The second-order valence-electron chi connectivity index (χ2n) is 6.35. The van der Waals surface area contributed by atoms with Gasteiger partial charge in [0.25, 0.3) is 0 Å². The Kier molecular flexibility index (Phi) is 6.47. The zero-order valence-corrected chi connectivity index (χ0v) is 17.0. The summed E-state index contributed by atoms with van der Waals surface area (Å²) < 4.78 is 39.1. The monoisotopic (exact) mass is 476 g/mol. The molecule has 10 heteroatoms. The normalized spacial score (nSPS) is 15.5. The lowest BCUT2D eigenvalue weighted by molar-refractivity contribution is -0.137. The number of alkyl halides is 3. The summed E-state index contributed by atoms with van der Waals surface area (Å²) in [6.45, 7) is 2.42. The minimum absolute atomic E-state index is 0.0312. The van der Waals surface area contributed by atoms with Crippen molar-refractivity contribution in [1.29, 1.82) is 0 Å². The highest BCUT2D eigenvalue weighted by Gasteiger charge is 2.32. The van der Waals surface area contributed by atoms with E-state index >= 15 is 0 Å². The summed E-state index contributed by atoms with van der Waals surface area (Å²) in [5.41, 5.74) is -0.155. The Morgan fingerprint density at radius 3 is 2.39 bits per heavy atom. The number of hydrogen-bond donors (Lipinski definition) is 1.